The predicted molar refractivity (Wildman–Crippen MR) is 84.5 cm³/mol. The lowest BCUT2D eigenvalue weighted by Crippen LogP contribution is -2.25. The summed E-state index contributed by atoms with van der Waals surface area (Å²) in [7, 11) is 0. The average Bonchev–Trinajstić information content (AvgIpc) is 2.81. The van der Waals surface area contributed by atoms with Crippen LogP contribution in [0.5, 0.6) is 0 Å². The molecule has 0 saturated carbocycles. The maximum atomic E-state index is 11.3. The number of hydrogen-bond donors (Lipinski definition) is 0. The summed E-state index contributed by atoms with van der Waals surface area (Å²) in [5.41, 5.74) is 1.20. The van der Waals surface area contributed by atoms with E-state index in [1.807, 2.05) is 32.3 Å². The van der Waals surface area contributed by atoms with E-state index in [0.717, 1.165) is 11.4 Å². The minimum Gasteiger partial charge on any atom is -0.305 e. The molecule has 1 heterocycles. The van der Waals surface area contributed by atoms with E-state index >= 15 is 0 Å². The van der Waals surface area contributed by atoms with Crippen molar-refractivity contribution in [3.63, 3.8) is 0 Å². The highest BCUT2D eigenvalue weighted by Gasteiger charge is 2.27. The first kappa shape index (κ1) is 15.6. The van der Waals surface area contributed by atoms with Crippen LogP contribution in [0.15, 0.2) is 18.2 Å². The van der Waals surface area contributed by atoms with E-state index in [0.29, 0.717) is 16.7 Å². The summed E-state index contributed by atoms with van der Waals surface area (Å²) in [4.78, 5) is 10.9. The third-order valence-electron chi connectivity index (χ3n) is 3.11. The molecule has 0 unspecified atom stereocenters. The number of nitrogens with zero attached hydrogens (tertiary/aromatic N) is 4. The van der Waals surface area contributed by atoms with Crippen LogP contribution in [0.3, 0.4) is 0 Å². The average molecular weight is 353 g/mol. The number of alkyl halides is 1. The van der Waals surface area contributed by atoms with Crippen LogP contribution in [0.25, 0.3) is 11.4 Å². The van der Waals surface area contributed by atoms with Crippen molar-refractivity contribution >= 4 is 21.6 Å². The van der Waals surface area contributed by atoms with Crippen molar-refractivity contribution in [2.45, 2.75) is 38.6 Å². The molecular formula is C14H17BrN4O2. The quantitative estimate of drug-likeness (QED) is 0.478. The second-order valence-electron chi connectivity index (χ2n) is 5.86. The van der Waals surface area contributed by atoms with Crippen LogP contribution in [0, 0.1) is 17.0 Å². The van der Waals surface area contributed by atoms with E-state index in [1.165, 1.54) is 6.07 Å². The highest BCUT2D eigenvalue weighted by Crippen LogP contribution is 2.33. The molecule has 0 amide bonds. The fourth-order valence-electron chi connectivity index (χ4n) is 2.27. The number of nitro groups is 1. The first-order valence-electron chi connectivity index (χ1n) is 6.52. The number of rotatable bonds is 3. The molecule has 1 aromatic carbocycles. The zero-order chi connectivity index (χ0) is 15.8. The highest BCUT2D eigenvalue weighted by atomic mass is 79.9. The zero-order valence-corrected chi connectivity index (χ0v) is 14.0. The van der Waals surface area contributed by atoms with Crippen molar-refractivity contribution < 1.29 is 4.92 Å². The summed E-state index contributed by atoms with van der Waals surface area (Å²) in [6.45, 7) is 7.96. The lowest BCUT2D eigenvalue weighted by Gasteiger charge is -2.24. The predicted octanol–water partition coefficient (Wildman–Crippen LogP) is 3.81. The molecular weight excluding hydrogens is 336 g/mol. The second-order valence-corrected chi connectivity index (χ2v) is 6.42. The van der Waals surface area contributed by atoms with E-state index in [2.05, 4.69) is 26.1 Å². The van der Waals surface area contributed by atoms with Gasteiger partial charge in [0.15, 0.2) is 5.82 Å². The Morgan fingerprint density at radius 1 is 1.33 bits per heavy atom. The number of hydrogen-bond acceptors (Lipinski definition) is 4. The van der Waals surface area contributed by atoms with Crippen LogP contribution in [-0.4, -0.2) is 19.7 Å². The molecule has 0 atom stereocenters. The van der Waals surface area contributed by atoms with Gasteiger partial charge in [-0.3, -0.25) is 10.1 Å². The molecule has 0 aliphatic carbocycles. The van der Waals surface area contributed by atoms with Crippen LogP contribution < -0.4 is 0 Å². The molecule has 0 bridgehead atoms. The normalized spacial score (nSPS) is 11.7. The van der Waals surface area contributed by atoms with Gasteiger partial charge in [0, 0.05) is 11.6 Å². The van der Waals surface area contributed by atoms with E-state index < -0.39 is 0 Å². The van der Waals surface area contributed by atoms with Crippen LogP contribution in [0.4, 0.5) is 5.69 Å². The van der Waals surface area contributed by atoms with Crippen LogP contribution in [-0.2, 0) is 10.9 Å². The standard InChI is InChI=1S/C14H17BrN4O2/c1-9-5-6-11(19(20)21)10(7-9)13-17-16-12(8-15)18(13)14(2,3)4/h5-7H,8H2,1-4H3. The van der Waals surface area contributed by atoms with Gasteiger partial charge >= 0.3 is 0 Å². The largest absolute Gasteiger partial charge is 0.305 e. The molecule has 0 aliphatic heterocycles. The SMILES string of the molecule is Cc1ccc([N+](=O)[O-])c(-c2nnc(CBr)n2C(C)(C)C)c1. The van der Waals surface area contributed by atoms with Crippen LogP contribution in [0.1, 0.15) is 32.2 Å². The Kier molecular flexibility index (Phi) is 4.13. The van der Waals surface area contributed by atoms with Crippen molar-refractivity contribution in [1.82, 2.24) is 14.8 Å². The van der Waals surface area contributed by atoms with Gasteiger partial charge in [0.25, 0.3) is 5.69 Å². The number of nitro benzene ring substituents is 1. The summed E-state index contributed by atoms with van der Waals surface area (Å²) < 4.78 is 1.93. The van der Waals surface area contributed by atoms with E-state index in [4.69, 9.17) is 0 Å². The molecule has 0 saturated heterocycles. The second kappa shape index (κ2) is 5.55. The molecule has 2 rings (SSSR count). The number of aryl methyl sites for hydroxylation is 1. The third kappa shape index (κ3) is 2.97. The summed E-state index contributed by atoms with van der Waals surface area (Å²) in [6.07, 6.45) is 0. The number of aromatic nitrogens is 3. The van der Waals surface area contributed by atoms with Crippen LogP contribution >= 0.6 is 15.9 Å². The van der Waals surface area contributed by atoms with Gasteiger partial charge in [-0.2, -0.15) is 0 Å². The van der Waals surface area contributed by atoms with Gasteiger partial charge in [0.05, 0.1) is 15.8 Å². The van der Waals surface area contributed by atoms with Crippen molar-refractivity contribution in [1.29, 1.82) is 0 Å². The molecule has 0 radical (unpaired) electrons. The lowest BCUT2D eigenvalue weighted by atomic mass is 10.0. The first-order valence-corrected chi connectivity index (χ1v) is 7.64. The smallest absolute Gasteiger partial charge is 0.280 e. The molecule has 0 aliphatic rings. The molecule has 112 valence electrons. The topological polar surface area (TPSA) is 73.8 Å². The van der Waals surface area contributed by atoms with E-state index in [1.54, 1.807) is 12.1 Å². The van der Waals surface area contributed by atoms with Crippen LogP contribution in [0.2, 0.25) is 0 Å². The maximum Gasteiger partial charge on any atom is 0.280 e. The fourth-order valence-corrected chi connectivity index (χ4v) is 2.63. The lowest BCUT2D eigenvalue weighted by molar-refractivity contribution is -0.384. The van der Waals surface area contributed by atoms with Gasteiger partial charge < -0.3 is 4.57 Å². The van der Waals surface area contributed by atoms with Gasteiger partial charge in [-0.25, -0.2) is 0 Å². The number of benzene rings is 1. The van der Waals surface area contributed by atoms with E-state index in [9.17, 15) is 10.1 Å². The van der Waals surface area contributed by atoms with Crippen molar-refractivity contribution in [3.8, 4) is 11.4 Å². The molecule has 1 aromatic heterocycles. The maximum absolute atomic E-state index is 11.3. The summed E-state index contributed by atoms with van der Waals surface area (Å²) in [5.74, 6) is 1.26. The van der Waals surface area contributed by atoms with Gasteiger partial charge in [0.1, 0.15) is 5.82 Å². The Morgan fingerprint density at radius 3 is 2.52 bits per heavy atom. The molecule has 0 spiro atoms. The fraction of sp³-hybridized carbons (Fsp3) is 0.429. The number of halogens is 1. The molecule has 7 heteroatoms. The van der Waals surface area contributed by atoms with Gasteiger partial charge in [-0.15, -0.1) is 10.2 Å². The minimum atomic E-state index is -0.385. The first-order chi connectivity index (χ1) is 9.75. The Bertz CT molecular complexity index is 689. The molecule has 0 N–H and O–H groups in total. The van der Waals surface area contributed by atoms with Crippen molar-refractivity contribution in [3.05, 3.63) is 39.7 Å². The molecule has 0 fully saturated rings. The summed E-state index contributed by atoms with van der Waals surface area (Å²) >= 11 is 3.39. The molecule has 21 heavy (non-hydrogen) atoms. The summed E-state index contributed by atoms with van der Waals surface area (Å²) in [5, 5.41) is 20.2. The summed E-state index contributed by atoms with van der Waals surface area (Å²) in [6, 6.07) is 5.02. The van der Waals surface area contributed by atoms with Crippen molar-refractivity contribution in [2.75, 3.05) is 0 Å². The Morgan fingerprint density at radius 2 is 2.00 bits per heavy atom. The minimum absolute atomic E-state index is 0.0413. The Hall–Kier alpha value is -1.76. The zero-order valence-electron chi connectivity index (χ0n) is 12.4. The van der Waals surface area contributed by atoms with E-state index in [-0.39, 0.29) is 16.1 Å². The molecule has 2 aromatic rings. The van der Waals surface area contributed by atoms with Crippen molar-refractivity contribution in [2.24, 2.45) is 0 Å². The highest BCUT2D eigenvalue weighted by molar-refractivity contribution is 9.08. The van der Waals surface area contributed by atoms with Gasteiger partial charge in [0.2, 0.25) is 0 Å². The third-order valence-corrected chi connectivity index (χ3v) is 3.61. The Labute approximate surface area is 131 Å². The van der Waals surface area contributed by atoms with Gasteiger partial charge in [-0.05, 0) is 39.3 Å². The Balaban J connectivity index is 2.76. The van der Waals surface area contributed by atoms with Gasteiger partial charge in [-0.1, -0.05) is 22.0 Å². The molecule has 6 nitrogen and oxygen atoms in total. The monoisotopic (exact) mass is 352 g/mol.